The van der Waals surface area contributed by atoms with Crippen LogP contribution < -0.4 is 14.2 Å². The molecule has 6 heteroatoms. The van der Waals surface area contributed by atoms with E-state index < -0.39 is 0 Å². The first-order chi connectivity index (χ1) is 13.6. The first kappa shape index (κ1) is 18.7. The van der Waals surface area contributed by atoms with Crippen molar-refractivity contribution >= 4 is 5.78 Å². The van der Waals surface area contributed by atoms with Crippen LogP contribution in [0.15, 0.2) is 36.4 Å². The molecule has 4 rings (SSSR count). The molecule has 1 saturated heterocycles. The molecule has 2 aromatic carbocycles. The average molecular weight is 385 g/mol. The molecule has 2 aliphatic heterocycles. The van der Waals surface area contributed by atoms with Gasteiger partial charge >= 0.3 is 0 Å². The highest BCUT2D eigenvalue weighted by molar-refractivity contribution is 5.98. The molecular formula is C22H24FNO4. The fraction of sp³-hybridized carbons (Fsp3) is 0.409. The Bertz CT molecular complexity index is 862. The molecule has 0 saturated carbocycles. The van der Waals surface area contributed by atoms with Crippen LogP contribution in [0.25, 0.3) is 0 Å². The highest BCUT2D eigenvalue weighted by Gasteiger charge is 2.27. The molecule has 0 spiro atoms. The van der Waals surface area contributed by atoms with Crippen molar-refractivity contribution in [3.05, 3.63) is 53.3 Å². The monoisotopic (exact) mass is 385 g/mol. The van der Waals surface area contributed by atoms with E-state index in [2.05, 4.69) is 4.90 Å². The minimum atomic E-state index is -0.264. The predicted molar refractivity (Wildman–Crippen MR) is 103 cm³/mol. The van der Waals surface area contributed by atoms with Crippen molar-refractivity contribution in [3.8, 4) is 17.2 Å². The highest BCUT2D eigenvalue weighted by atomic mass is 19.1. The number of carbonyl (C=O) groups is 1. The molecule has 148 valence electrons. The van der Waals surface area contributed by atoms with E-state index in [4.69, 9.17) is 14.2 Å². The second kappa shape index (κ2) is 8.19. The third kappa shape index (κ3) is 3.97. The Labute approximate surface area is 164 Å². The number of benzene rings is 2. The second-order valence-electron chi connectivity index (χ2n) is 7.23. The molecule has 5 nitrogen and oxygen atoms in total. The summed E-state index contributed by atoms with van der Waals surface area (Å²) in [5.41, 5.74) is 1.51. The highest BCUT2D eigenvalue weighted by Crippen LogP contribution is 2.33. The van der Waals surface area contributed by atoms with Gasteiger partial charge in [0.05, 0.1) is 7.11 Å². The summed E-state index contributed by atoms with van der Waals surface area (Å²) in [6.45, 7) is 3.24. The largest absolute Gasteiger partial charge is 0.496 e. The number of fused-ring (bicyclic) bond motifs is 1. The Balaban J connectivity index is 1.38. The summed E-state index contributed by atoms with van der Waals surface area (Å²) in [4.78, 5) is 15.2. The van der Waals surface area contributed by atoms with Crippen LogP contribution in [-0.4, -0.2) is 44.1 Å². The minimum absolute atomic E-state index is 0.00628. The van der Waals surface area contributed by atoms with E-state index in [9.17, 15) is 9.18 Å². The maximum Gasteiger partial charge on any atom is 0.166 e. The Morgan fingerprint density at radius 1 is 1.11 bits per heavy atom. The van der Waals surface area contributed by atoms with Crippen molar-refractivity contribution < 1.29 is 23.4 Å². The summed E-state index contributed by atoms with van der Waals surface area (Å²) in [6.07, 6.45) is 1.57. The number of hydrogen-bond acceptors (Lipinski definition) is 5. The van der Waals surface area contributed by atoms with E-state index >= 15 is 0 Å². The number of piperidine rings is 1. The Morgan fingerprint density at radius 2 is 1.86 bits per heavy atom. The molecule has 0 unspecified atom stereocenters. The summed E-state index contributed by atoms with van der Waals surface area (Å²) in [6, 6.07) is 10.0. The van der Waals surface area contributed by atoms with Crippen LogP contribution in [0.5, 0.6) is 17.2 Å². The number of nitrogens with zero attached hydrogens (tertiary/aromatic N) is 1. The number of carbonyl (C=O) groups excluding carboxylic acids is 1. The predicted octanol–water partition coefficient (Wildman–Crippen LogP) is 3.70. The van der Waals surface area contributed by atoms with Gasteiger partial charge in [-0.25, -0.2) is 4.39 Å². The standard InChI is InChI=1S/C22H24FNO4/c1-26-19-5-3-18(23)12-17(19)14-24-8-6-15(7-9-24)22(25)16-2-4-20-21(13-16)28-11-10-27-20/h2-5,12-13,15H,6-11,14H2,1H3. The summed E-state index contributed by atoms with van der Waals surface area (Å²) < 4.78 is 30.0. The summed E-state index contributed by atoms with van der Waals surface area (Å²) in [5.74, 6) is 1.91. The van der Waals surface area contributed by atoms with Gasteiger partial charge in [-0.2, -0.15) is 0 Å². The molecule has 2 heterocycles. The van der Waals surface area contributed by atoms with Crippen molar-refractivity contribution in [1.29, 1.82) is 0 Å². The number of methoxy groups -OCH3 is 1. The van der Waals surface area contributed by atoms with Crippen molar-refractivity contribution in [2.24, 2.45) is 5.92 Å². The Hall–Kier alpha value is -2.60. The van der Waals surface area contributed by atoms with Crippen molar-refractivity contribution in [1.82, 2.24) is 4.90 Å². The van der Waals surface area contributed by atoms with Crippen molar-refractivity contribution in [2.45, 2.75) is 19.4 Å². The maximum atomic E-state index is 13.6. The lowest BCUT2D eigenvalue weighted by Gasteiger charge is -2.31. The molecule has 2 aromatic rings. The van der Waals surface area contributed by atoms with E-state index in [1.165, 1.54) is 12.1 Å². The molecule has 0 bridgehead atoms. The SMILES string of the molecule is COc1ccc(F)cc1CN1CCC(C(=O)c2ccc3c(c2)OCCO3)CC1. The molecule has 0 atom stereocenters. The number of halogens is 1. The van der Waals surface area contributed by atoms with Gasteiger partial charge in [0.15, 0.2) is 17.3 Å². The van der Waals surface area contributed by atoms with Crippen LogP contribution >= 0.6 is 0 Å². The van der Waals surface area contributed by atoms with Gasteiger partial charge in [0.1, 0.15) is 24.8 Å². The van der Waals surface area contributed by atoms with Crippen LogP contribution in [0.3, 0.4) is 0 Å². The van der Waals surface area contributed by atoms with Crippen molar-refractivity contribution in [2.75, 3.05) is 33.4 Å². The van der Waals surface area contributed by atoms with Gasteiger partial charge in [-0.1, -0.05) is 0 Å². The molecular weight excluding hydrogens is 361 g/mol. The van der Waals surface area contributed by atoms with Gasteiger partial charge in [0.25, 0.3) is 0 Å². The quantitative estimate of drug-likeness (QED) is 0.735. The third-order valence-corrected chi connectivity index (χ3v) is 5.42. The smallest absolute Gasteiger partial charge is 0.166 e. The van der Waals surface area contributed by atoms with Gasteiger partial charge in [0, 0.05) is 23.6 Å². The molecule has 0 aromatic heterocycles. The second-order valence-corrected chi connectivity index (χ2v) is 7.23. The topological polar surface area (TPSA) is 48.0 Å². The van der Waals surface area contributed by atoms with Gasteiger partial charge in [-0.05, 0) is 62.3 Å². The van der Waals surface area contributed by atoms with Gasteiger partial charge in [0.2, 0.25) is 0 Å². The van der Waals surface area contributed by atoms with Crippen LogP contribution in [-0.2, 0) is 6.54 Å². The molecule has 28 heavy (non-hydrogen) atoms. The zero-order valence-corrected chi connectivity index (χ0v) is 15.9. The van der Waals surface area contributed by atoms with E-state index in [0.29, 0.717) is 42.6 Å². The first-order valence-corrected chi connectivity index (χ1v) is 9.62. The lowest BCUT2D eigenvalue weighted by Crippen LogP contribution is -2.36. The summed E-state index contributed by atoms with van der Waals surface area (Å²) in [5, 5.41) is 0. The Morgan fingerprint density at radius 3 is 2.61 bits per heavy atom. The molecule has 1 fully saturated rings. The Kier molecular flexibility index (Phi) is 5.48. The molecule has 0 aliphatic carbocycles. The van der Waals surface area contributed by atoms with Crippen LogP contribution in [0.4, 0.5) is 4.39 Å². The zero-order chi connectivity index (χ0) is 19.5. The molecule has 0 amide bonds. The van der Waals surface area contributed by atoms with Gasteiger partial charge in [-0.3, -0.25) is 9.69 Å². The number of Topliss-reactive ketones (excluding diaryl/α,β-unsaturated/α-hetero) is 1. The van der Waals surface area contributed by atoms with E-state index in [1.807, 2.05) is 12.1 Å². The number of ether oxygens (including phenoxy) is 3. The lowest BCUT2D eigenvalue weighted by molar-refractivity contribution is 0.0833. The van der Waals surface area contributed by atoms with E-state index in [1.54, 1.807) is 19.2 Å². The number of ketones is 1. The maximum absolute atomic E-state index is 13.6. The van der Waals surface area contributed by atoms with Crippen LogP contribution in [0.1, 0.15) is 28.8 Å². The fourth-order valence-corrected chi connectivity index (χ4v) is 3.90. The summed E-state index contributed by atoms with van der Waals surface area (Å²) in [7, 11) is 1.59. The average Bonchev–Trinajstić information content (AvgIpc) is 2.73. The lowest BCUT2D eigenvalue weighted by atomic mass is 9.88. The van der Waals surface area contributed by atoms with E-state index in [-0.39, 0.29) is 17.5 Å². The normalized spacial score (nSPS) is 17.4. The number of hydrogen-bond donors (Lipinski definition) is 0. The van der Waals surface area contributed by atoms with Crippen LogP contribution in [0.2, 0.25) is 0 Å². The minimum Gasteiger partial charge on any atom is -0.496 e. The molecule has 0 radical (unpaired) electrons. The summed E-state index contributed by atoms with van der Waals surface area (Å²) >= 11 is 0. The van der Waals surface area contributed by atoms with Crippen LogP contribution in [0, 0.1) is 11.7 Å². The fourth-order valence-electron chi connectivity index (χ4n) is 3.90. The van der Waals surface area contributed by atoms with Gasteiger partial charge < -0.3 is 14.2 Å². The molecule has 0 N–H and O–H groups in total. The van der Waals surface area contributed by atoms with E-state index in [0.717, 1.165) is 31.5 Å². The number of rotatable bonds is 5. The zero-order valence-electron chi connectivity index (χ0n) is 15.9. The third-order valence-electron chi connectivity index (χ3n) is 5.42. The van der Waals surface area contributed by atoms with Crippen molar-refractivity contribution in [3.63, 3.8) is 0 Å². The number of likely N-dealkylation sites (tertiary alicyclic amines) is 1. The first-order valence-electron chi connectivity index (χ1n) is 9.62. The molecule has 2 aliphatic rings. The van der Waals surface area contributed by atoms with Gasteiger partial charge in [-0.15, -0.1) is 0 Å².